The third-order valence-electron chi connectivity index (χ3n) is 5.69. The number of hydrogen-bond donors (Lipinski definition) is 1. The molecule has 0 fully saturated rings. The van der Waals surface area contributed by atoms with Crippen molar-refractivity contribution in [1.29, 1.82) is 0 Å². The van der Waals surface area contributed by atoms with E-state index in [2.05, 4.69) is 9.97 Å². The number of rotatable bonds is 8. The Kier molecular flexibility index (Phi) is 7.82. The van der Waals surface area contributed by atoms with Gasteiger partial charge in [0.1, 0.15) is 18.3 Å². The van der Waals surface area contributed by atoms with Gasteiger partial charge in [-0.25, -0.2) is 0 Å². The standard InChI is InChI=1S/C25H24ClF3N2O3/c1-14-11-31-22(12-30-14)23(25(27,28)29)16(3)20-9-8-19(10-21(20)26)34-13-17-4-6-18(7-5-17)15(2)24(32)33/h4-12,15-16,23H,13H2,1-3H3,(H,32,33). The summed E-state index contributed by atoms with van der Waals surface area (Å²) in [5.74, 6) is -3.98. The van der Waals surface area contributed by atoms with Crippen LogP contribution in [-0.4, -0.2) is 27.2 Å². The number of aromatic nitrogens is 2. The molecule has 1 N–H and O–H groups in total. The van der Waals surface area contributed by atoms with E-state index in [4.69, 9.17) is 21.4 Å². The lowest BCUT2D eigenvalue weighted by Gasteiger charge is -2.27. The molecular weight excluding hydrogens is 469 g/mol. The molecule has 0 aliphatic rings. The van der Waals surface area contributed by atoms with Crippen LogP contribution in [0, 0.1) is 6.92 Å². The largest absolute Gasteiger partial charge is 0.489 e. The Bertz CT molecular complexity index is 1140. The molecule has 0 spiro atoms. The second kappa shape index (κ2) is 10.4. The Morgan fingerprint density at radius 3 is 2.29 bits per heavy atom. The quantitative estimate of drug-likeness (QED) is 0.381. The van der Waals surface area contributed by atoms with Gasteiger partial charge < -0.3 is 9.84 Å². The molecule has 0 aliphatic carbocycles. The molecule has 3 unspecified atom stereocenters. The number of hydrogen-bond acceptors (Lipinski definition) is 4. The maximum absolute atomic E-state index is 13.9. The second-order valence-electron chi connectivity index (χ2n) is 8.16. The Morgan fingerprint density at radius 1 is 1.09 bits per heavy atom. The van der Waals surface area contributed by atoms with Crippen LogP contribution in [0.5, 0.6) is 5.75 Å². The van der Waals surface area contributed by atoms with E-state index in [0.29, 0.717) is 22.6 Å². The van der Waals surface area contributed by atoms with Crippen LogP contribution in [0.1, 0.15) is 59.7 Å². The number of alkyl halides is 3. The number of nitrogens with zero attached hydrogens (tertiary/aromatic N) is 2. The molecule has 3 rings (SSSR count). The van der Waals surface area contributed by atoms with Crippen molar-refractivity contribution in [1.82, 2.24) is 9.97 Å². The van der Waals surface area contributed by atoms with Gasteiger partial charge >= 0.3 is 12.1 Å². The van der Waals surface area contributed by atoms with E-state index in [0.717, 1.165) is 11.8 Å². The minimum atomic E-state index is -4.54. The predicted molar refractivity (Wildman–Crippen MR) is 122 cm³/mol. The molecule has 0 aliphatic heterocycles. The highest BCUT2D eigenvalue weighted by molar-refractivity contribution is 6.31. The molecule has 34 heavy (non-hydrogen) atoms. The van der Waals surface area contributed by atoms with Crippen molar-refractivity contribution in [2.45, 2.75) is 51.3 Å². The predicted octanol–water partition coefficient (Wildman–Crippen LogP) is 6.66. The fourth-order valence-corrected chi connectivity index (χ4v) is 3.97. The molecule has 0 radical (unpaired) electrons. The van der Waals surface area contributed by atoms with Gasteiger partial charge in [0.15, 0.2) is 0 Å². The number of carbonyl (C=O) groups is 1. The summed E-state index contributed by atoms with van der Waals surface area (Å²) >= 11 is 6.36. The minimum Gasteiger partial charge on any atom is -0.489 e. The van der Waals surface area contributed by atoms with Crippen LogP contribution in [0.4, 0.5) is 13.2 Å². The smallest absolute Gasteiger partial charge is 0.397 e. The fourth-order valence-electron chi connectivity index (χ4n) is 3.63. The van der Waals surface area contributed by atoms with Crippen molar-refractivity contribution >= 4 is 17.6 Å². The first-order chi connectivity index (χ1) is 16.0. The summed E-state index contributed by atoms with van der Waals surface area (Å²) in [6.45, 7) is 4.91. The Balaban J connectivity index is 1.74. The summed E-state index contributed by atoms with van der Waals surface area (Å²) in [6, 6.07) is 11.6. The van der Waals surface area contributed by atoms with Crippen LogP contribution in [0.25, 0.3) is 0 Å². The van der Waals surface area contributed by atoms with E-state index in [1.165, 1.54) is 25.3 Å². The molecule has 1 aromatic heterocycles. The number of halogens is 4. The Morgan fingerprint density at radius 2 is 1.76 bits per heavy atom. The van der Waals surface area contributed by atoms with Crippen molar-refractivity contribution in [3.63, 3.8) is 0 Å². The number of aryl methyl sites for hydroxylation is 1. The summed E-state index contributed by atoms with van der Waals surface area (Å²) in [6.07, 6.45) is -2.07. The second-order valence-corrected chi connectivity index (χ2v) is 8.57. The first kappa shape index (κ1) is 25.5. The topological polar surface area (TPSA) is 72.3 Å². The molecule has 1 heterocycles. The van der Waals surface area contributed by atoms with Crippen molar-refractivity contribution in [2.75, 3.05) is 0 Å². The number of aliphatic carboxylic acids is 1. The average Bonchev–Trinajstić information content (AvgIpc) is 2.78. The van der Waals surface area contributed by atoms with Gasteiger partial charge in [0, 0.05) is 17.4 Å². The summed E-state index contributed by atoms with van der Waals surface area (Å²) in [4.78, 5) is 19.0. The molecule has 3 aromatic rings. The lowest BCUT2D eigenvalue weighted by Crippen LogP contribution is -2.27. The molecule has 0 saturated carbocycles. The van der Waals surface area contributed by atoms with Crippen molar-refractivity contribution in [2.24, 2.45) is 0 Å². The van der Waals surface area contributed by atoms with E-state index >= 15 is 0 Å². The Hall–Kier alpha value is -3.13. The molecule has 0 saturated heterocycles. The lowest BCUT2D eigenvalue weighted by atomic mass is 9.84. The van der Waals surface area contributed by atoms with Crippen LogP contribution in [0.3, 0.4) is 0 Å². The zero-order valence-corrected chi connectivity index (χ0v) is 19.6. The van der Waals surface area contributed by atoms with E-state index in [1.807, 2.05) is 0 Å². The highest BCUT2D eigenvalue weighted by Crippen LogP contribution is 2.45. The van der Waals surface area contributed by atoms with Gasteiger partial charge in [-0.05, 0) is 48.6 Å². The molecule has 2 aromatic carbocycles. The summed E-state index contributed by atoms with van der Waals surface area (Å²) in [7, 11) is 0. The summed E-state index contributed by atoms with van der Waals surface area (Å²) in [5.41, 5.74) is 2.18. The highest BCUT2D eigenvalue weighted by Gasteiger charge is 2.46. The third-order valence-corrected chi connectivity index (χ3v) is 6.02. The van der Waals surface area contributed by atoms with Gasteiger partial charge in [-0.15, -0.1) is 0 Å². The molecular formula is C25H24ClF3N2O3. The number of benzene rings is 2. The first-order valence-electron chi connectivity index (χ1n) is 10.6. The van der Waals surface area contributed by atoms with Crippen LogP contribution < -0.4 is 4.74 Å². The molecule has 3 atom stereocenters. The van der Waals surface area contributed by atoms with Crippen molar-refractivity contribution < 1.29 is 27.8 Å². The molecule has 9 heteroatoms. The maximum atomic E-state index is 13.9. The normalized spacial score (nSPS) is 14.3. The SMILES string of the molecule is Cc1cnc(C(C(C)c2ccc(OCc3ccc(C(C)C(=O)O)cc3)cc2Cl)C(F)(F)F)cn1. The van der Waals surface area contributed by atoms with Gasteiger partial charge in [-0.3, -0.25) is 14.8 Å². The zero-order valence-electron chi connectivity index (χ0n) is 18.8. The first-order valence-corrected chi connectivity index (χ1v) is 10.9. The highest BCUT2D eigenvalue weighted by atomic mass is 35.5. The van der Waals surface area contributed by atoms with E-state index in [-0.39, 0.29) is 17.3 Å². The summed E-state index contributed by atoms with van der Waals surface area (Å²) in [5, 5.41) is 9.25. The van der Waals surface area contributed by atoms with E-state index in [1.54, 1.807) is 44.2 Å². The van der Waals surface area contributed by atoms with Gasteiger partial charge in [0.05, 0.1) is 17.3 Å². The summed E-state index contributed by atoms with van der Waals surface area (Å²) < 4.78 is 47.5. The van der Waals surface area contributed by atoms with E-state index in [9.17, 15) is 18.0 Å². The Labute approximate surface area is 200 Å². The maximum Gasteiger partial charge on any atom is 0.397 e. The van der Waals surface area contributed by atoms with Crippen LogP contribution in [-0.2, 0) is 11.4 Å². The van der Waals surface area contributed by atoms with Crippen LogP contribution >= 0.6 is 11.6 Å². The molecule has 0 amide bonds. The number of carboxylic acid groups (broad SMARTS) is 1. The molecule has 5 nitrogen and oxygen atoms in total. The van der Waals surface area contributed by atoms with Gasteiger partial charge in [0.2, 0.25) is 0 Å². The lowest BCUT2D eigenvalue weighted by molar-refractivity contribution is -0.155. The van der Waals surface area contributed by atoms with E-state index < -0.39 is 29.9 Å². The number of ether oxygens (including phenoxy) is 1. The van der Waals surface area contributed by atoms with Gasteiger partial charge in [0.25, 0.3) is 0 Å². The molecule has 0 bridgehead atoms. The number of carboxylic acids is 1. The minimum absolute atomic E-state index is 0.157. The van der Waals surface area contributed by atoms with Crippen LogP contribution in [0.15, 0.2) is 54.9 Å². The monoisotopic (exact) mass is 492 g/mol. The van der Waals surface area contributed by atoms with Crippen LogP contribution in [0.2, 0.25) is 5.02 Å². The fraction of sp³-hybridized carbons (Fsp3) is 0.320. The zero-order chi connectivity index (χ0) is 25.0. The molecule has 180 valence electrons. The third kappa shape index (κ3) is 6.05. The van der Waals surface area contributed by atoms with Gasteiger partial charge in [-0.1, -0.05) is 48.9 Å². The average molecular weight is 493 g/mol. The van der Waals surface area contributed by atoms with Gasteiger partial charge in [-0.2, -0.15) is 13.2 Å². The van der Waals surface area contributed by atoms with Crippen molar-refractivity contribution in [3.8, 4) is 5.75 Å². The van der Waals surface area contributed by atoms with Crippen molar-refractivity contribution in [3.05, 3.63) is 88.0 Å².